The fraction of sp³-hybridized carbons (Fsp3) is 0.462. The van der Waals surface area contributed by atoms with Gasteiger partial charge in [-0.15, -0.1) is 0 Å². The van der Waals surface area contributed by atoms with E-state index < -0.39 is 5.97 Å². The van der Waals surface area contributed by atoms with Crippen molar-refractivity contribution in [2.75, 3.05) is 5.73 Å². The molecule has 0 aliphatic rings. The van der Waals surface area contributed by atoms with Gasteiger partial charge in [-0.25, -0.2) is 4.79 Å². The van der Waals surface area contributed by atoms with Gasteiger partial charge < -0.3 is 15.6 Å². The minimum atomic E-state index is -1.03. The molecule has 1 aromatic carbocycles. The molecular formula is C13H19NO3. The predicted molar refractivity (Wildman–Crippen MR) is 67.4 cm³/mol. The highest BCUT2D eigenvalue weighted by atomic mass is 16.5. The van der Waals surface area contributed by atoms with Gasteiger partial charge in [0.05, 0.1) is 0 Å². The number of carboxylic acid groups (broad SMARTS) is 1. The Morgan fingerprint density at radius 2 is 2.00 bits per heavy atom. The molecule has 0 bridgehead atoms. The van der Waals surface area contributed by atoms with Gasteiger partial charge in [-0.3, -0.25) is 0 Å². The summed E-state index contributed by atoms with van der Waals surface area (Å²) in [6.07, 6.45) is -0.0933. The molecule has 4 nitrogen and oxygen atoms in total. The number of rotatable bonds is 3. The second-order valence-corrected chi connectivity index (χ2v) is 5.19. The van der Waals surface area contributed by atoms with Gasteiger partial charge in [0.25, 0.3) is 0 Å². The van der Waals surface area contributed by atoms with Crippen LogP contribution < -0.4 is 10.5 Å². The van der Waals surface area contributed by atoms with E-state index in [0.717, 1.165) is 0 Å². The fourth-order valence-corrected chi connectivity index (χ4v) is 1.18. The molecule has 1 aromatic rings. The Bertz CT molecular complexity index is 421. The maximum Gasteiger partial charge on any atom is 0.339 e. The van der Waals surface area contributed by atoms with Gasteiger partial charge in [0.15, 0.2) is 0 Å². The zero-order chi connectivity index (χ0) is 13.2. The van der Waals surface area contributed by atoms with Crippen molar-refractivity contribution in [1.82, 2.24) is 0 Å². The molecule has 1 rings (SSSR count). The monoisotopic (exact) mass is 237 g/mol. The molecule has 0 fully saturated rings. The molecule has 0 heterocycles. The zero-order valence-corrected chi connectivity index (χ0v) is 10.7. The normalized spacial score (nSPS) is 13.2. The van der Waals surface area contributed by atoms with E-state index in [1.807, 2.05) is 27.7 Å². The van der Waals surface area contributed by atoms with E-state index in [4.69, 9.17) is 15.6 Å². The van der Waals surface area contributed by atoms with Crippen molar-refractivity contribution < 1.29 is 14.6 Å². The van der Waals surface area contributed by atoms with Crippen molar-refractivity contribution >= 4 is 11.7 Å². The molecule has 17 heavy (non-hydrogen) atoms. The van der Waals surface area contributed by atoms with E-state index in [1.54, 1.807) is 12.1 Å². The molecule has 0 amide bonds. The fourth-order valence-electron chi connectivity index (χ4n) is 1.18. The lowest BCUT2D eigenvalue weighted by molar-refractivity contribution is 0.0673. The molecule has 1 atom stereocenters. The summed E-state index contributed by atoms with van der Waals surface area (Å²) in [5, 5.41) is 9.07. The van der Waals surface area contributed by atoms with Crippen molar-refractivity contribution in [3.63, 3.8) is 0 Å². The van der Waals surface area contributed by atoms with Crippen molar-refractivity contribution in [2.24, 2.45) is 5.41 Å². The van der Waals surface area contributed by atoms with E-state index in [0.29, 0.717) is 11.4 Å². The molecule has 0 saturated carbocycles. The number of aromatic carboxylic acids is 1. The third-order valence-electron chi connectivity index (χ3n) is 2.76. The smallest absolute Gasteiger partial charge is 0.339 e. The maximum atomic E-state index is 11.1. The van der Waals surface area contributed by atoms with Crippen LogP contribution in [0.5, 0.6) is 5.75 Å². The van der Waals surface area contributed by atoms with Gasteiger partial charge in [0.2, 0.25) is 0 Å². The Labute approximate surface area is 101 Å². The van der Waals surface area contributed by atoms with E-state index in [2.05, 4.69) is 0 Å². The molecule has 0 saturated heterocycles. The highest BCUT2D eigenvalue weighted by Crippen LogP contribution is 2.28. The highest BCUT2D eigenvalue weighted by Gasteiger charge is 2.23. The first-order valence-electron chi connectivity index (χ1n) is 5.51. The Hall–Kier alpha value is -1.71. The first kappa shape index (κ1) is 13.4. The van der Waals surface area contributed by atoms with Crippen molar-refractivity contribution in [1.29, 1.82) is 0 Å². The summed E-state index contributed by atoms with van der Waals surface area (Å²) in [4.78, 5) is 11.1. The Morgan fingerprint density at radius 1 is 1.41 bits per heavy atom. The number of hydrogen-bond donors (Lipinski definition) is 2. The van der Waals surface area contributed by atoms with Gasteiger partial charge in [-0.1, -0.05) is 20.8 Å². The van der Waals surface area contributed by atoms with E-state index in [1.165, 1.54) is 6.07 Å². The van der Waals surface area contributed by atoms with Gasteiger partial charge in [0.1, 0.15) is 17.4 Å². The molecule has 3 N–H and O–H groups in total. The van der Waals surface area contributed by atoms with Crippen molar-refractivity contribution in [3.05, 3.63) is 23.8 Å². The average Bonchev–Trinajstić information content (AvgIpc) is 2.18. The lowest BCUT2D eigenvalue weighted by atomic mass is 9.90. The van der Waals surface area contributed by atoms with Crippen LogP contribution in [0.4, 0.5) is 5.69 Å². The summed E-state index contributed by atoms with van der Waals surface area (Å²) in [5.74, 6) is -0.678. The van der Waals surface area contributed by atoms with Crippen LogP contribution >= 0.6 is 0 Å². The molecule has 0 spiro atoms. The summed E-state index contributed by atoms with van der Waals surface area (Å²) in [6.45, 7) is 8.03. The quantitative estimate of drug-likeness (QED) is 0.793. The SMILES string of the molecule is CC(Oc1ccc(N)cc1C(=O)O)C(C)(C)C. The van der Waals surface area contributed by atoms with Crippen LogP contribution in [-0.4, -0.2) is 17.2 Å². The van der Waals surface area contributed by atoms with E-state index in [9.17, 15) is 4.79 Å². The molecule has 0 aliphatic heterocycles. The maximum absolute atomic E-state index is 11.1. The van der Waals surface area contributed by atoms with Gasteiger partial charge in [-0.05, 0) is 30.5 Å². The first-order chi connectivity index (χ1) is 7.71. The topological polar surface area (TPSA) is 72.5 Å². The molecule has 4 heteroatoms. The molecule has 94 valence electrons. The number of hydrogen-bond acceptors (Lipinski definition) is 3. The molecule has 0 aliphatic carbocycles. The molecule has 0 radical (unpaired) electrons. The predicted octanol–water partition coefficient (Wildman–Crippen LogP) is 2.78. The number of benzene rings is 1. The van der Waals surface area contributed by atoms with Gasteiger partial charge >= 0.3 is 5.97 Å². The largest absolute Gasteiger partial charge is 0.489 e. The van der Waals surface area contributed by atoms with Crippen LogP contribution in [0, 0.1) is 5.41 Å². The van der Waals surface area contributed by atoms with Gasteiger partial charge in [0, 0.05) is 5.69 Å². The molecule has 0 aromatic heterocycles. The van der Waals surface area contributed by atoms with Crippen LogP contribution in [0.1, 0.15) is 38.1 Å². The Balaban J connectivity index is 3.03. The van der Waals surface area contributed by atoms with Crippen molar-refractivity contribution in [2.45, 2.75) is 33.8 Å². The zero-order valence-electron chi connectivity index (χ0n) is 10.7. The number of anilines is 1. The molecule has 1 unspecified atom stereocenters. The number of nitrogen functional groups attached to an aromatic ring is 1. The number of ether oxygens (including phenoxy) is 1. The summed E-state index contributed by atoms with van der Waals surface area (Å²) >= 11 is 0. The minimum absolute atomic E-state index is 0.0584. The van der Waals surface area contributed by atoms with Crippen LogP contribution in [0.15, 0.2) is 18.2 Å². The third kappa shape index (κ3) is 3.37. The first-order valence-corrected chi connectivity index (χ1v) is 5.51. The number of carboxylic acids is 1. The summed E-state index contributed by atoms with van der Waals surface area (Å²) < 4.78 is 5.69. The third-order valence-corrected chi connectivity index (χ3v) is 2.76. The Morgan fingerprint density at radius 3 is 2.47 bits per heavy atom. The molecular weight excluding hydrogens is 218 g/mol. The second-order valence-electron chi connectivity index (χ2n) is 5.19. The highest BCUT2D eigenvalue weighted by molar-refractivity contribution is 5.92. The van der Waals surface area contributed by atoms with Crippen LogP contribution in [-0.2, 0) is 0 Å². The van der Waals surface area contributed by atoms with Crippen LogP contribution in [0.25, 0.3) is 0 Å². The number of nitrogens with two attached hydrogens (primary N) is 1. The van der Waals surface area contributed by atoms with Crippen LogP contribution in [0.2, 0.25) is 0 Å². The summed E-state index contributed by atoms with van der Waals surface area (Å²) in [7, 11) is 0. The van der Waals surface area contributed by atoms with Gasteiger partial charge in [-0.2, -0.15) is 0 Å². The van der Waals surface area contributed by atoms with Crippen molar-refractivity contribution in [3.8, 4) is 5.75 Å². The lowest BCUT2D eigenvalue weighted by Crippen LogP contribution is -2.29. The van der Waals surface area contributed by atoms with E-state index >= 15 is 0 Å². The standard InChI is InChI=1S/C13H19NO3/c1-8(13(2,3)4)17-11-6-5-9(14)7-10(11)12(15)16/h5-8H,14H2,1-4H3,(H,15,16). The number of carbonyl (C=O) groups is 1. The van der Waals surface area contributed by atoms with Crippen LogP contribution in [0.3, 0.4) is 0 Å². The average molecular weight is 237 g/mol. The summed E-state index contributed by atoms with van der Waals surface area (Å²) in [5.41, 5.74) is 6.02. The Kier molecular flexibility index (Phi) is 3.66. The minimum Gasteiger partial charge on any atom is -0.489 e. The summed E-state index contributed by atoms with van der Waals surface area (Å²) in [6, 6.07) is 4.64. The lowest BCUT2D eigenvalue weighted by Gasteiger charge is -2.28. The van der Waals surface area contributed by atoms with E-state index in [-0.39, 0.29) is 17.1 Å². The second kappa shape index (κ2) is 4.65.